The summed E-state index contributed by atoms with van der Waals surface area (Å²) in [5.74, 6) is -0.599. The third-order valence-corrected chi connectivity index (χ3v) is 10.2. The van der Waals surface area contributed by atoms with Crippen LogP contribution in [0.15, 0.2) is 29.6 Å². The molecule has 43 heavy (non-hydrogen) atoms. The van der Waals surface area contributed by atoms with Crippen LogP contribution in [0.3, 0.4) is 0 Å². The van der Waals surface area contributed by atoms with Crippen molar-refractivity contribution in [2.75, 3.05) is 71.6 Å². The van der Waals surface area contributed by atoms with Gasteiger partial charge in [0.25, 0.3) is 5.91 Å². The van der Waals surface area contributed by atoms with Gasteiger partial charge in [-0.1, -0.05) is 25.0 Å². The number of hydrogen-bond donors (Lipinski definition) is 1. The van der Waals surface area contributed by atoms with Crippen molar-refractivity contribution >= 4 is 34.1 Å². The maximum Gasteiger partial charge on any atom is 0.251 e. The summed E-state index contributed by atoms with van der Waals surface area (Å²) in [7, 11) is 3.30. The molecule has 2 amide bonds. The highest BCUT2D eigenvalue weighted by molar-refractivity contribution is 7.14. The lowest BCUT2D eigenvalue weighted by Crippen LogP contribution is -2.54. The number of nitrogens with zero attached hydrogens (tertiary/aromatic N) is 4. The first kappa shape index (κ1) is 30.1. The zero-order valence-corrected chi connectivity index (χ0v) is 25.7. The number of anilines is 1. The average molecular weight is 612 g/mol. The second-order valence-electron chi connectivity index (χ2n) is 11.9. The van der Waals surface area contributed by atoms with Crippen molar-refractivity contribution in [2.24, 2.45) is 5.92 Å². The minimum absolute atomic E-state index is 0.0161. The van der Waals surface area contributed by atoms with Crippen LogP contribution in [0.1, 0.15) is 36.0 Å². The van der Waals surface area contributed by atoms with Crippen LogP contribution < -0.4 is 10.2 Å². The van der Waals surface area contributed by atoms with Gasteiger partial charge in [-0.3, -0.25) is 19.3 Å². The topological polar surface area (TPSA) is 114 Å². The molecule has 3 aliphatic heterocycles. The highest BCUT2D eigenvalue weighted by Gasteiger charge is 2.54. The van der Waals surface area contributed by atoms with Crippen LogP contribution in [0.25, 0.3) is 11.3 Å². The van der Waals surface area contributed by atoms with E-state index in [1.54, 1.807) is 42.6 Å². The van der Waals surface area contributed by atoms with Gasteiger partial charge in [-0.15, -0.1) is 11.3 Å². The molecule has 1 N–H and O–H groups in total. The Balaban J connectivity index is 1.11. The standard InChI is InChI=1S/C31H41N5O6S/c1-40-16-15-34-11-13-35(14-12-34)31-32-23(19-43-31)20-7-9-22(10-8-20)29(38)33-26(21-5-3-4-6-21)30(39)36-17-25(41-2)28-27(36)24(37)18-42-28/h7-10,19,21,25-28H,3-6,11-18H2,1-2H3,(H,33,38)/t25-,26+,27-,28-/m1/s1. The van der Waals surface area contributed by atoms with E-state index in [0.29, 0.717) is 5.56 Å². The molecule has 1 aromatic heterocycles. The van der Waals surface area contributed by atoms with E-state index in [1.807, 2.05) is 12.1 Å². The van der Waals surface area contributed by atoms with Crippen molar-refractivity contribution in [1.82, 2.24) is 20.1 Å². The number of carbonyl (C=O) groups excluding carboxylic acids is 3. The molecular weight excluding hydrogens is 570 g/mol. The molecule has 1 aliphatic carbocycles. The molecule has 0 spiro atoms. The number of amides is 2. The van der Waals surface area contributed by atoms with Gasteiger partial charge in [0.1, 0.15) is 30.9 Å². The van der Waals surface area contributed by atoms with Crippen molar-refractivity contribution in [2.45, 2.75) is 50.0 Å². The summed E-state index contributed by atoms with van der Waals surface area (Å²) >= 11 is 1.63. The maximum absolute atomic E-state index is 13.9. The van der Waals surface area contributed by atoms with Crippen LogP contribution in [0, 0.1) is 5.92 Å². The number of ketones is 1. The summed E-state index contributed by atoms with van der Waals surface area (Å²) in [6, 6.07) is 6.04. The largest absolute Gasteiger partial charge is 0.383 e. The number of likely N-dealkylation sites (tertiary alicyclic amines) is 1. The number of ether oxygens (including phenoxy) is 3. The molecule has 2 aromatic rings. The van der Waals surface area contributed by atoms with Crippen LogP contribution in [-0.2, 0) is 23.8 Å². The Bertz CT molecular complexity index is 1290. The Morgan fingerprint density at radius 2 is 1.86 bits per heavy atom. The number of nitrogens with one attached hydrogen (secondary N) is 1. The SMILES string of the molecule is COCCN1CCN(c2nc(-c3ccc(C(=O)N[C@H](C(=O)N4C[C@@H](OC)[C@H]5OCC(=O)[C@H]54)C4CCCC4)cc3)cs2)CC1. The molecule has 6 rings (SSSR count). The summed E-state index contributed by atoms with van der Waals surface area (Å²) in [5, 5.41) is 6.11. The lowest BCUT2D eigenvalue weighted by Gasteiger charge is -2.34. The van der Waals surface area contributed by atoms with Gasteiger partial charge < -0.3 is 29.3 Å². The van der Waals surface area contributed by atoms with E-state index >= 15 is 0 Å². The van der Waals surface area contributed by atoms with Crippen LogP contribution in [0.5, 0.6) is 0 Å². The highest BCUT2D eigenvalue weighted by atomic mass is 32.1. The molecule has 232 valence electrons. The van der Waals surface area contributed by atoms with Crippen LogP contribution in [0.2, 0.25) is 0 Å². The summed E-state index contributed by atoms with van der Waals surface area (Å²) in [4.78, 5) is 51.2. The number of Topliss-reactive ketones (excluding diaryl/α,β-unsaturated/α-hetero) is 1. The number of aromatic nitrogens is 1. The number of thiazole rings is 1. The molecule has 4 atom stereocenters. The molecular formula is C31H41N5O6S. The number of benzene rings is 1. The lowest BCUT2D eigenvalue weighted by atomic mass is 9.95. The molecule has 4 heterocycles. The first-order chi connectivity index (χ1) is 21.0. The van der Waals surface area contributed by atoms with Gasteiger partial charge in [0.05, 0.1) is 18.8 Å². The molecule has 1 aromatic carbocycles. The monoisotopic (exact) mass is 611 g/mol. The normalized spacial score (nSPS) is 25.3. The first-order valence-corrected chi connectivity index (χ1v) is 16.2. The van der Waals surface area contributed by atoms with Crippen molar-refractivity contribution in [3.8, 4) is 11.3 Å². The van der Waals surface area contributed by atoms with Crippen molar-refractivity contribution < 1.29 is 28.6 Å². The van der Waals surface area contributed by atoms with Crippen LogP contribution in [-0.4, -0.2) is 123 Å². The Morgan fingerprint density at radius 1 is 1.12 bits per heavy atom. The highest BCUT2D eigenvalue weighted by Crippen LogP contribution is 2.34. The third kappa shape index (κ3) is 6.34. The summed E-state index contributed by atoms with van der Waals surface area (Å²) in [6.07, 6.45) is 2.96. The lowest BCUT2D eigenvalue weighted by molar-refractivity contribution is -0.139. The fourth-order valence-electron chi connectivity index (χ4n) is 6.84. The van der Waals surface area contributed by atoms with E-state index in [0.717, 1.165) is 81.4 Å². The number of carbonyl (C=O) groups is 3. The van der Waals surface area contributed by atoms with Gasteiger partial charge in [0.15, 0.2) is 10.9 Å². The van der Waals surface area contributed by atoms with E-state index in [2.05, 4.69) is 20.5 Å². The number of rotatable bonds is 10. The number of fused-ring (bicyclic) bond motifs is 1. The molecule has 4 aliphatic rings. The van der Waals surface area contributed by atoms with Crippen molar-refractivity contribution in [3.63, 3.8) is 0 Å². The van der Waals surface area contributed by atoms with Gasteiger partial charge in [-0.05, 0) is 30.9 Å². The number of methoxy groups -OCH3 is 2. The molecule has 0 unspecified atom stereocenters. The summed E-state index contributed by atoms with van der Waals surface area (Å²) in [6.45, 7) is 5.81. The van der Waals surface area contributed by atoms with Crippen LogP contribution >= 0.6 is 11.3 Å². The first-order valence-electron chi connectivity index (χ1n) is 15.3. The predicted molar refractivity (Wildman–Crippen MR) is 162 cm³/mol. The zero-order chi connectivity index (χ0) is 29.9. The number of piperazine rings is 1. The van der Waals surface area contributed by atoms with Gasteiger partial charge in [-0.25, -0.2) is 4.98 Å². The summed E-state index contributed by atoms with van der Waals surface area (Å²) < 4.78 is 16.4. The smallest absolute Gasteiger partial charge is 0.251 e. The van der Waals surface area contributed by atoms with Crippen molar-refractivity contribution in [3.05, 3.63) is 35.2 Å². The molecule has 0 bridgehead atoms. The maximum atomic E-state index is 13.9. The van der Waals surface area contributed by atoms with E-state index < -0.39 is 18.2 Å². The molecule has 0 radical (unpaired) electrons. The van der Waals surface area contributed by atoms with Crippen molar-refractivity contribution in [1.29, 1.82) is 0 Å². The Labute approximate surface area is 256 Å². The van der Waals surface area contributed by atoms with Crippen LogP contribution in [0.4, 0.5) is 5.13 Å². The molecule has 1 saturated carbocycles. The fourth-order valence-corrected chi connectivity index (χ4v) is 7.73. The summed E-state index contributed by atoms with van der Waals surface area (Å²) in [5.41, 5.74) is 2.30. The molecule has 12 heteroatoms. The quantitative estimate of drug-likeness (QED) is 0.431. The molecule has 4 fully saturated rings. The van der Waals surface area contributed by atoms with Gasteiger partial charge >= 0.3 is 0 Å². The minimum Gasteiger partial charge on any atom is -0.383 e. The van der Waals surface area contributed by atoms with E-state index in [1.165, 1.54) is 0 Å². The molecule has 3 saturated heterocycles. The zero-order valence-electron chi connectivity index (χ0n) is 24.9. The Morgan fingerprint density at radius 3 is 2.56 bits per heavy atom. The van der Waals surface area contributed by atoms with Gasteiger partial charge in [-0.2, -0.15) is 0 Å². The van der Waals surface area contributed by atoms with Gasteiger partial charge in [0, 0.05) is 63.5 Å². The third-order valence-electron chi connectivity index (χ3n) is 9.34. The average Bonchev–Trinajstić information content (AvgIpc) is 3.85. The number of hydrogen-bond acceptors (Lipinski definition) is 10. The van der Waals surface area contributed by atoms with E-state index in [4.69, 9.17) is 19.2 Å². The molecule has 11 nitrogen and oxygen atoms in total. The second kappa shape index (κ2) is 13.4. The predicted octanol–water partition coefficient (Wildman–Crippen LogP) is 2.06. The van der Waals surface area contributed by atoms with Gasteiger partial charge in [0.2, 0.25) is 5.91 Å². The second-order valence-corrected chi connectivity index (χ2v) is 12.7. The fraction of sp³-hybridized carbons (Fsp3) is 0.613. The Hall–Kier alpha value is -2.90. The Kier molecular flexibility index (Phi) is 9.39. The van der Waals surface area contributed by atoms with E-state index in [-0.39, 0.29) is 42.8 Å². The van der Waals surface area contributed by atoms with E-state index in [9.17, 15) is 14.4 Å². The minimum atomic E-state index is -0.699.